The normalized spacial score (nSPS) is 10.7. The van der Waals surface area contributed by atoms with E-state index in [9.17, 15) is 9.90 Å². The fraction of sp³-hybridized carbons (Fsp3) is 0.182. The highest BCUT2D eigenvalue weighted by Crippen LogP contribution is 2.23. The minimum Gasteiger partial charge on any atom is -0.507 e. The fourth-order valence-corrected chi connectivity index (χ4v) is 1.52. The highest BCUT2D eigenvalue weighted by atomic mass is 16.3. The van der Waals surface area contributed by atoms with Gasteiger partial charge in [0, 0.05) is 6.07 Å². The van der Waals surface area contributed by atoms with Crippen LogP contribution in [0.2, 0.25) is 0 Å². The van der Waals surface area contributed by atoms with Crippen molar-refractivity contribution in [3.8, 4) is 5.75 Å². The van der Waals surface area contributed by atoms with Gasteiger partial charge in [0.15, 0.2) is 5.43 Å². The molecule has 0 spiro atoms. The molecule has 0 atom stereocenters. The van der Waals surface area contributed by atoms with Crippen LogP contribution in [0.3, 0.4) is 0 Å². The summed E-state index contributed by atoms with van der Waals surface area (Å²) in [7, 11) is 0. The molecule has 1 aromatic carbocycles. The molecule has 0 bridgehead atoms. The number of hydrogen-bond donors (Lipinski definition) is 1. The van der Waals surface area contributed by atoms with Crippen LogP contribution in [0.4, 0.5) is 0 Å². The van der Waals surface area contributed by atoms with E-state index in [0.29, 0.717) is 11.3 Å². The molecule has 1 N–H and O–H groups in total. The summed E-state index contributed by atoms with van der Waals surface area (Å²) in [5.41, 5.74) is 1.09. The first-order valence-electron chi connectivity index (χ1n) is 4.32. The van der Waals surface area contributed by atoms with Gasteiger partial charge in [0.25, 0.3) is 0 Å². The van der Waals surface area contributed by atoms with Gasteiger partial charge >= 0.3 is 0 Å². The Kier molecular flexibility index (Phi) is 1.81. The molecule has 3 heteroatoms. The summed E-state index contributed by atoms with van der Waals surface area (Å²) in [5, 5.41) is 9.81. The Morgan fingerprint density at radius 3 is 2.64 bits per heavy atom. The van der Waals surface area contributed by atoms with E-state index >= 15 is 0 Å². The van der Waals surface area contributed by atoms with Crippen molar-refractivity contribution in [2.24, 2.45) is 0 Å². The van der Waals surface area contributed by atoms with E-state index in [-0.39, 0.29) is 16.6 Å². The van der Waals surface area contributed by atoms with E-state index in [1.165, 1.54) is 6.07 Å². The van der Waals surface area contributed by atoms with Crippen LogP contribution in [0.25, 0.3) is 11.0 Å². The molecule has 0 aliphatic heterocycles. The highest BCUT2D eigenvalue weighted by Gasteiger charge is 2.07. The fourth-order valence-electron chi connectivity index (χ4n) is 1.52. The van der Waals surface area contributed by atoms with Gasteiger partial charge in [-0.1, -0.05) is 0 Å². The number of aromatic hydroxyl groups is 1. The average Bonchev–Trinajstić information content (AvgIpc) is 1.99. The van der Waals surface area contributed by atoms with E-state index in [2.05, 4.69) is 0 Å². The average molecular weight is 190 g/mol. The van der Waals surface area contributed by atoms with Crippen molar-refractivity contribution >= 4 is 11.0 Å². The molecule has 0 fully saturated rings. The lowest BCUT2D eigenvalue weighted by Gasteiger charge is -2.02. The lowest BCUT2D eigenvalue weighted by Crippen LogP contribution is -2.00. The highest BCUT2D eigenvalue weighted by molar-refractivity contribution is 5.83. The molecule has 2 aromatic rings. The van der Waals surface area contributed by atoms with Crippen molar-refractivity contribution in [3.05, 3.63) is 39.7 Å². The van der Waals surface area contributed by atoms with Crippen molar-refractivity contribution in [2.75, 3.05) is 0 Å². The number of aryl methyl sites for hydroxylation is 2. The number of rotatable bonds is 0. The van der Waals surface area contributed by atoms with Crippen molar-refractivity contribution in [1.29, 1.82) is 0 Å². The standard InChI is InChI=1S/C11H10O3/c1-6-3-8(12)11-9(13)5-7(2)14-10(11)4-6/h3-5,12H,1-2H3. The lowest BCUT2D eigenvalue weighted by molar-refractivity contribution is 0.478. The molecule has 0 saturated heterocycles. The second-order valence-electron chi connectivity index (χ2n) is 3.38. The maximum atomic E-state index is 11.5. The molecular weight excluding hydrogens is 180 g/mol. The van der Waals surface area contributed by atoms with Gasteiger partial charge in [-0.25, -0.2) is 0 Å². The monoisotopic (exact) mass is 190 g/mol. The third-order valence-electron chi connectivity index (χ3n) is 2.08. The molecule has 0 saturated carbocycles. The van der Waals surface area contributed by atoms with E-state index in [1.807, 2.05) is 6.92 Å². The molecule has 0 unspecified atom stereocenters. The Bertz CT molecular complexity index is 547. The van der Waals surface area contributed by atoms with Gasteiger partial charge in [0.1, 0.15) is 22.5 Å². The maximum absolute atomic E-state index is 11.5. The third-order valence-corrected chi connectivity index (χ3v) is 2.08. The molecule has 3 nitrogen and oxygen atoms in total. The number of hydrogen-bond acceptors (Lipinski definition) is 3. The summed E-state index contributed by atoms with van der Waals surface area (Å²) in [6.45, 7) is 3.54. The van der Waals surface area contributed by atoms with Gasteiger partial charge in [-0.3, -0.25) is 4.79 Å². The summed E-state index contributed by atoms with van der Waals surface area (Å²) in [6, 6.07) is 4.66. The predicted octanol–water partition coefficient (Wildman–Crippen LogP) is 2.12. The zero-order chi connectivity index (χ0) is 10.3. The molecule has 0 radical (unpaired) electrons. The van der Waals surface area contributed by atoms with Crippen LogP contribution < -0.4 is 5.43 Å². The van der Waals surface area contributed by atoms with Crippen molar-refractivity contribution < 1.29 is 9.52 Å². The van der Waals surface area contributed by atoms with E-state index < -0.39 is 0 Å². The molecule has 0 aliphatic rings. The smallest absolute Gasteiger partial charge is 0.196 e. The number of benzene rings is 1. The second-order valence-corrected chi connectivity index (χ2v) is 3.38. The van der Waals surface area contributed by atoms with Gasteiger partial charge < -0.3 is 9.52 Å². The minimum absolute atomic E-state index is 0.0197. The Balaban J connectivity index is 3.02. The largest absolute Gasteiger partial charge is 0.507 e. The number of phenols is 1. The molecule has 1 aromatic heterocycles. The third kappa shape index (κ3) is 1.27. The Labute approximate surface area is 80.6 Å². The molecule has 0 aliphatic carbocycles. The molecule has 14 heavy (non-hydrogen) atoms. The van der Waals surface area contributed by atoms with Gasteiger partial charge in [-0.15, -0.1) is 0 Å². The van der Waals surface area contributed by atoms with E-state index in [1.54, 1.807) is 19.1 Å². The molecule has 0 amide bonds. The zero-order valence-electron chi connectivity index (χ0n) is 8.00. The Morgan fingerprint density at radius 2 is 1.93 bits per heavy atom. The predicted molar refractivity (Wildman–Crippen MR) is 53.6 cm³/mol. The second kappa shape index (κ2) is 2.87. The zero-order valence-corrected chi connectivity index (χ0v) is 8.00. The summed E-state index contributed by atoms with van der Waals surface area (Å²) in [5.74, 6) is 0.529. The van der Waals surface area contributed by atoms with Gasteiger partial charge in [0.05, 0.1) is 0 Å². The SMILES string of the molecule is Cc1cc(O)c2c(=O)cc(C)oc2c1. The van der Waals surface area contributed by atoms with Crippen LogP contribution in [0.5, 0.6) is 5.75 Å². The summed E-state index contributed by atoms with van der Waals surface area (Å²) in [6.07, 6.45) is 0. The first-order chi connectivity index (χ1) is 6.58. The Hall–Kier alpha value is -1.77. The quantitative estimate of drug-likeness (QED) is 0.692. The van der Waals surface area contributed by atoms with Crippen LogP contribution in [0.1, 0.15) is 11.3 Å². The first-order valence-corrected chi connectivity index (χ1v) is 4.32. The molecule has 1 heterocycles. The molecular formula is C11H10O3. The van der Waals surface area contributed by atoms with Gasteiger partial charge in [-0.05, 0) is 31.5 Å². The van der Waals surface area contributed by atoms with Crippen molar-refractivity contribution in [1.82, 2.24) is 0 Å². The molecule has 2 rings (SSSR count). The van der Waals surface area contributed by atoms with Crippen LogP contribution in [-0.4, -0.2) is 5.11 Å². The Morgan fingerprint density at radius 1 is 1.21 bits per heavy atom. The van der Waals surface area contributed by atoms with E-state index in [4.69, 9.17) is 4.42 Å². The number of phenolic OH excluding ortho intramolecular Hbond substituents is 1. The maximum Gasteiger partial charge on any atom is 0.196 e. The van der Waals surface area contributed by atoms with Crippen LogP contribution in [0.15, 0.2) is 27.4 Å². The topological polar surface area (TPSA) is 50.4 Å². The van der Waals surface area contributed by atoms with Crippen LogP contribution in [-0.2, 0) is 0 Å². The molecule has 72 valence electrons. The summed E-state index contributed by atoms with van der Waals surface area (Å²) >= 11 is 0. The number of fused-ring (bicyclic) bond motifs is 1. The van der Waals surface area contributed by atoms with Crippen molar-refractivity contribution in [2.45, 2.75) is 13.8 Å². The van der Waals surface area contributed by atoms with Crippen molar-refractivity contribution in [3.63, 3.8) is 0 Å². The first kappa shape index (κ1) is 8.81. The summed E-state index contributed by atoms with van der Waals surface area (Å²) < 4.78 is 5.34. The summed E-state index contributed by atoms with van der Waals surface area (Å²) in [4.78, 5) is 11.5. The van der Waals surface area contributed by atoms with Crippen LogP contribution >= 0.6 is 0 Å². The minimum atomic E-state index is -0.207. The lowest BCUT2D eigenvalue weighted by atomic mass is 10.1. The van der Waals surface area contributed by atoms with Gasteiger partial charge in [-0.2, -0.15) is 0 Å². The van der Waals surface area contributed by atoms with Gasteiger partial charge in [0.2, 0.25) is 0 Å². The van der Waals surface area contributed by atoms with E-state index in [0.717, 1.165) is 5.56 Å². The van der Waals surface area contributed by atoms with Crippen LogP contribution in [0, 0.1) is 13.8 Å².